The van der Waals surface area contributed by atoms with Crippen LogP contribution in [0.4, 0.5) is 0 Å². The van der Waals surface area contributed by atoms with Crippen LogP contribution in [0.5, 0.6) is 11.5 Å². The van der Waals surface area contributed by atoms with Crippen LogP contribution in [0.1, 0.15) is 36.8 Å². The second kappa shape index (κ2) is 5.95. The molecule has 0 amide bonds. The van der Waals surface area contributed by atoms with Gasteiger partial charge in [0.05, 0.1) is 6.10 Å². The Morgan fingerprint density at radius 1 is 1.08 bits per heavy atom. The van der Waals surface area contributed by atoms with E-state index in [0.717, 1.165) is 31.2 Å². The summed E-state index contributed by atoms with van der Waals surface area (Å²) in [5.41, 5.74) is 1.48. The highest BCUT2D eigenvalue weighted by molar-refractivity contribution is 5.91. The van der Waals surface area contributed by atoms with Crippen molar-refractivity contribution in [2.45, 2.75) is 44.0 Å². The van der Waals surface area contributed by atoms with Gasteiger partial charge in [0.1, 0.15) is 11.5 Å². The van der Waals surface area contributed by atoms with Gasteiger partial charge in [-0.2, -0.15) is 0 Å². The van der Waals surface area contributed by atoms with E-state index in [2.05, 4.69) is 0 Å². The van der Waals surface area contributed by atoms with E-state index in [9.17, 15) is 9.90 Å². The molecule has 124 valence electrons. The van der Waals surface area contributed by atoms with Gasteiger partial charge >= 0.3 is 0 Å². The molecule has 2 aromatic carbocycles. The van der Waals surface area contributed by atoms with Gasteiger partial charge in [0.25, 0.3) is 5.79 Å². The zero-order valence-electron chi connectivity index (χ0n) is 13.4. The molecular formula is C20H20O4. The standard InChI is InChI=1S/C20H20O4/c21-16-11-10-14-12-19(22)20(24-18(14)13-16,15-6-2-1-3-7-15)23-17-8-4-5-9-17/h1-3,6-7,10-11,13,17,21H,4-5,8-9,12H2. The lowest BCUT2D eigenvalue weighted by Gasteiger charge is -2.38. The first kappa shape index (κ1) is 15.2. The van der Waals surface area contributed by atoms with Crippen molar-refractivity contribution < 1.29 is 19.4 Å². The number of phenolic OH excluding ortho intramolecular Hbond substituents is 1. The number of rotatable bonds is 3. The van der Waals surface area contributed by atoms with Gasteiger partial charge in [0, 0.05) is 23.6 Å². The van der Waals surface area contributed by atoms with Crippen molar-refractivity contribution in [3.8, 4) is 11.5 Å². The predicted molar refractivity (Wildman–Crippen MR) is 88.9 cm³/mol. The number of ketones is 1. The van der Waals surface area contributed by atoms with Crippen molar-refractivity contribution in [1.82, 2.24) is 0 Å². The largest absolute Gasteiger partial charge is 0.508 e. The number of benzene rings is 2. The van der Waals surface area contributed by atoms with Crippen molar-refractivity contribution in [2.24, 2.45) is 0 Å². The van der Waals surface area contributed by atoms with E-state index in [0.29, 0.717) is 11.3 Å². The smallest absolute Gasteiger partial charge is 0.298 e. The maximum Gasteiger partial charge on any atom is 0.298 e. The minimum absolute atomic E-state index is 0.0213. The van der Waals surface area contributed by atoms with Crippen molar-refractivity contribution in [1.29, 1.82) is 0 Å². The summed E-state index contributed by atoms with van der Waals surface area (Å²) in [5.74, 6) is -0.891. The first-order valence-corrected chi connectivity index (χ1v) is 8.45. The summed E-state index contributed by atoms with van der Waals surface area (Å²) in [5, 5.41) is 9.77. The Morgan fingerprint density at radius 3 is 2.58 bits per heavy atom. The molecule has 1 heterocycles. The van der Waals surface area contributed by atoms with Gasteiger partial charge in [-0.3, -0.25) is 4.79 Å². The summed E-state index contributed by atoms with van der Waals surface area (Å²) < 4.78 is 12.4. The van der Waals surface area contributed by atoms with Crippen LogP contribution in [0, 0.1) is 0 Å². The molecule has 4 nitrogen and oxygen atoms in total. The van der Waals surface area contributed by atoms with E-state index in [4.69, 9.17) is 9.47 Å². The number of carbonyl (C=O) groups is 1. The van der Waals surface area contributed by atoms with Crippen LogP contribution in [0.2, 0.25) is 0 Å². The fourth-order valence-corrected chi connectivity index (χ4v) is 3.56. The third kappa shape index (κ3) is 2.57. The number of fused-ring (bicyclic) bond motifs is 1. The molecule has 2 aromatic rings. The summed E-state index contributed by atoms with van der Waals surface area (Å²) >= 11 is 0. The van der Waals surface area contributed by atoms with Crippen LogP contribution in [0.25, 0.3) is 0 Å². The summed E-state index contributed by atoms with van der Waals surface area (Å²) in [4.78, 5) is 13.0. The molecule has 1 aliphatic carbocycles. The molecule has 0 saturated heterocycles. The molecule has 1 N–H and O–H groups in total. The average Bonchev–Trinajstić information content (AvgIpc) is 3.09. The first-order chi connectivity index (χ1) is 11.7. The van der Waals surface area contributed by atoms with Gasteiger partial charge in [-0.1, -0.05) is 49.2 Å². The van der Waals surface area contributed by atoms with Gasteiger partial charge < -0.3 is 14.6 Å². The van der Waals surface area contributed by atoms with E-state index in [1.165, 1.54) is 0 Å². The zero-order valence-corrected chi connectivity index (χ0v) is 13.4. The van der Waals surface area contributed by atoms with Gasteiger partial charge in [-0.05, 0) is 18.9 Å². The Kier molecular flexibility index (Phi) is 3.77. The molecule has 0 bridgehead atoms. The number of carbonyl (C=O) groups excluding carboxylic acids is 1. The molecule has 24 heavy (non-hydrogen) atoms. The van der Waals surface area contributed by atoms with Gasteiger partial charge in [0.2, 0.25) is 5.78 Å². The highest BCUT2D eigenvalue weighted by atomic mass is 16.7. The summed E-state index contributed by atoms with van der Waals surface area (Å²) in [6.45, 7) is 0. The van der Waals surface area contributed by atoms with Crippen molar-refractivity contribution >= 4 is 5.78 Å². The quantitative estimate of drug-likeness (QED) is 0.935. The van der Waals surface area contributed by atoms with E-state index in [1.807, 2.05) is 30.3 Å². The van der Waals surface area contributed by atoms with Gasteiger partial charge in [-0.15, -0.1) is 0 Å². The first-order valence-electron chi connectivity index (χ1n) is 8.45. The van der Waals surface area contributed by atoms with Crippen molar-refractivity contribution in [2.75, 3.05) is 0 Å². The van der Waals surface area contributed by atoms with E-state index in [1.54, 1.807) is 18.2 Å². The highest BCUT2D eigenvalue weighted by Gasteiger charge is 2.49. The van der Waals surface area contributed by atoms with Gasteiger partial charge in [-0.25, -0.2) is 0 Å². The molecule has 2 aliphatic rings. The molecule has 1 unspecified atom stereocenters. The molecule has 4 rings (SSSR count). The number of phenols is 1. The van der Waals surface area contributed by atoms with Crippen LogP contribution in [0.3, 0.4) is 0 Å². The van der Waals surface area contributed by atoms with Crippen LogP contribution in [-0.2, 0) is 21.7 Å². The fourth-order valence-electron chi connectivity index (χ4n) is 3.56. The zero-order chi connectivity index (χ0) is 16.6. The average molecular weight is 324 g/mol. The van der Waals surface area contributed by atoms with Crippen molar-refractivity contribution in [3.63, 3.8) is 0 Å². The van der Waals surface area contributed by atoms with Crippen molar-refractivity contribution in [3.05, 3.63) is 59.7 Å². The summed E-state index contributed by atoms with van der Waals surface area (Å²) in [7, 11) is 0. The van der Waals surface area contributed by atoms with Crippen LogP contribution in [0.15, 0.2) is 48.5 Å². The summed E-state index contributed by atoms with van der Waals surface area (Å²) in [6, 6.07) is 14.2. The molecule has 1 fully saturated rings. The predicted octanol–water partition coefficient (Wildman–Crippen LogP) is 3.71. The molecule has 1 saturated carbocycles. The number of hydrogen-bond donors (Lipinski definition) is 1. The van der Waals surface area contributed by atoms with Gasteiger partial charge in [0.15, 0.2) is 0 Å². The molecule has 0 aromatic heterocycles. The van der Waals surface area contributed by atoms with E-state index < -0.39 is 5.79 Å². The van der Waals surface area contributed by atoms with Crippen LogP contribution >= 0.6 is 0 Å². The molecule has 0 radical (unpaired) electrons. The topological polar surface area (TPSA) is 55.8 Å². The second-order valence-electron chi connectivity index (χ2n) is 6.50. The fraction of sp³-hybridized carbons (Fsp3) is 0.350. The minimum Gasteiger partial charge on any atom is -0.508 e. The third-order valence-corrected chi connectivity index (χ3v) is 4.81. The number of ether oxygens (including phenoxy) is 2. The molecule has 4 heteroatoms. The highest BCUT2D eigenvalue weighted by Crippen LogP contribution is 2.42. The number of aromatic hydroxyl groups is 1. The maximum absolute atomic E-state index is 13.0. The Hall–Kier alpha value is -2.33. The molecule has 1 aliphatic heterocycles. The lowest BCUT2D eigenvalue weighted by Crippen LogP contribution is -2.49. The minimum atomic E-state index is -1.42. The number of Topliss-reactive ketones (excluding diaryl/α,β-unsaturated/α-hetero) is 1. The molecule has 0 spiro atoms. The third-order valence-electron chi connectivity index (χ3n) is 4.81. The molecule has 1 atom stereocenters. The Bertz CT molecular complexity index is 749. The Balaban J connectivity index is 1.79. The maximum atomic E-state index is 13.0. The number of hydrogen-bond acceptors (Lipinski definition) is 4. The van der Waals surface area contributed by atoms with E-state index >= 15 is 0 Å². The lowest BCUT2D eigenvalue weighted by molar-refractivity contribution is -0.219. The Labute approximate surface area is 141 Å². The lowest BCUT2D eigenvalue weighted by atomic mass is 9.92. The van der Waals surface area contributed by atoms with Crippen LogP contribution in [-0.4, -0.2) is 17.0 Å². The Morgan fingerprint density at radius 2 is 1.83 bits per heavy atom. The monoisotopic (exact) mass is 324 g/mol. The van der Waals surface area contributed by atoms with E-state index in [-0.39, 0.29) is 24.1 Å². The SMILES string of the molecule is O=C1Cc2ccc(O)cc2OC1(OC1CCCC1)c1ccccc1. The van der Waals surface area contributed by atoms with Crippen LogP contribution < -0.4 is 4.74 Å². The second-order valence-corrected chi connectivity index (χ2v) is 6.50. The summed E-state index contributed by atoms with van der Waals surface area (Å²) in [6.07, 6.45) is 4.36. The normalized spacial score (nSPS) is 23.8. The molecular weight excluding hydrogens is 304 g/mol.